The van der Waals surface area contributed by atoms with Crippen molar-refractivity contribution in [3.05, 3.63) is 12.5 Å². The zero-order chi connectivity index (χ0) is 12.7. The Labute approximate surface area is 105 Å². The van der Waals surface area contributed by atoms with Crippen molar-refractivity contribution in [2.24, 2.45) is 16.3 Å². The molecule has 5 nitrogen and oxygen atoms in total. The molecular weight excluding hydrogens is 238 g/mol. The Morgan fingerprint density at radius 2 is 2.35 bits per heavy atom. The molecule has 1 aromatic heterocycles. The van der Waals surface area contributed by atoms with Gasteiger partial charge in [-0.05, 0) is 12.8 Å². The van der Waals surface area contributed by atoms with Gasteiger partial charge in [0, 0.05) is 11.2 Å². The van der Waals surface area contributed by atoms with Crippen LogP contribution in [0, 0.1) is 5.41 Å². The SMILES string of the molecule is CC(C)(CCCCSc1ncco1)/C(N)=N/O. The number of nitrogens with two attached hydrogens (primary N) is 1. The summed E-state index contributed by atoms with van der Waals surface area (Å²) in [6.07, 6.45) is 6.19. The molecule has 0 aliphatic heterocycles. The van der Waals surface area contributed by atoms with E-state index in [2.05, 4.69) is 10.1 Å². The third kappa shape index (κ3) is 4.68. The van der Waals surface area contributed by atoms with E-state index in [0.717, 1.165) is 25.0 Å². The fraction of sp³-hybridized carbons (Fsp3) is 0.636. The van der Waals surface area contributed by atoms with Crippen molar-refractivity contribution in [1.29, 1.82) is 0 Å². The Hall–Kier alpha value is -1.17. The summed E-state index contributed by atoms with van der Waals surface area (Å²) in [7, 11) is 0. The number of amidine groups is 1. The van der Waals surface area contributed by atoms with E-state index < -0.39 is 0 Å². The lowest BCUT2D eigenvalue weighted by atomic mass is 9.86. The van der Waals surface area contributed by atoms with Gasteiger partial charge in [-0.3, -0.25) is 0 Å². The highest BCUT2D eigenvalue weighted by molar-refractivity contribution is 7.99. The Morgan fingerprint density at radius 1 is 1.59 bits per heavy atom. The van der Waals surface area contributed by atoms with Gasteiger partial charge in [0.05, 0.1) is 6.20 Å². The summed E-state index contributed by atoms with van der Waals surface area (Å²) in [5.74, 6) is 1.25. The van der Waals surface area contributed by atoms with E-state index in [-0.39, 0.29) is 11.3 Å². The van der Waals surface area contributed by atoms with Gasteiger partial charge in [-0.15, -0.1) is 0 Å². The van der Waals surface area contributed by atoms with Gasteiger partial charge in [0.2, 0.25) is 0 Å². The molecule has 0 saturated heterocycles. The van der Waals surface area contributed by atoms with Gasteiger partial charge in [-0.1, -0.05) is 37.2 Å². The molecule has 1 heterocycles. The molecule has 0 radical (unpaired) electrons. The molecule has 1 aromatic rings. The summed E-state index contributed by atoms with van der Waals surface area (Å²) >= 11 is 1.60. The third-order valence-electron chi connectivity index (χ3n) is 2.63. The van der Waals surface area contributed by atoms with Crippen LogP contribution in [0.25, 0.3) is 0 Å². The summed E-state index contributed by atoms with van der Waals surface area (Å²) in [5, 5.41) is 12.4. The Morgan fingerprint density at radius 3 is 2.94 bits per heavy atom. The molecule has 0 aromatic carbocycles. The molecule has 1 rings (SSSR count). The molecule has 0 aliphatic carbocycles. The monoisotopic (exact) mass is 257 g/mol. The number of hydrogen-bond acceptors (Lipinski definition) is 5. The molecule has 0 spiro atoms. The number of nitrogens with zero attached hydrogens (tertiary/aromatic N) is 2. The lowest BCUT2D eigenvalue weighted by Gasteiger charge is -2.22. The van der Waals surface area contributed by atoms with Gasteiger partial charge in [-0.25, -0.2) is 4.98 Å². The second-order valence-electron chi connectivity index (χ2n) is 4.47. The van der Waals surface area contributed by atoms with Crippen LogP contribution in [0.3, 0.4) is 0 Å². The van der Waals surface area contributed by atoms with Crippen molar-refractivity contribution >= 4 is 17.6 Å². The summed E-state index contributed by atoms with van der Waals surface area (Å²) in [6, 6.07) is 0. The minimum absolute atomic E-state index is 0.248. The number of oxazole rings is 1. The molecule has 3 N–H and O–H groups in total. The second kappa shape index (κ2) is 6.54. The molecule has 0 bridgehead atoms. The molecule has 0 atom stereocenters. The topological polar surface area (TPSA) is 84.6 Å². The van der Waals surface area contributed by atoms with Gasteiger partial charge >= 0.3 is 0 Å². The Bertz CT molecular complexity index is 350. The first kappa shape index (κ1) is 13.9. The predicted octanol–water partition coefficient (Wildman–Crippen LogP) is 2.71. The van der Waals surface area contributed by atoms with E-state index in [4.69, 9.17) is 15.4 Å². The first-order chi connectivity index (χ1) is 8.06. The first-order valence-electron chi connectivity index (χ1n) is 5.56. The number of thioether (sulfide) groups is 1. The first-order valence-corrected chi connectivity index (χ1v) is 6.55. The van der Waals surface area contributed by atoms with Crippen LogP contribution in [-0.4, -0.2) is 21.8 Å². The summed E-state index contributed by atoms with van der Waals surface area (Å²) in [5.41, 5.74) is 5.36. The molecule has 17 heavy (non-hydrogen) atoms. The normalized spacial score (nSPS) is 12.9. The number of unbranched alkanes of at least 4 members (excludes halogenated alkanes) is 1. The van der Waals surface area contributed by atoms with Crippen molar-refractivity contribution in [3.63, 3.8) is 0 Å². The highest BCUT2D eigenvalue weighted by atomic mass is 32.2. The van der Waals surface area contributed by atoms with Crippen LogP contribution in [0.5, 0.6) is 0 Å². The van der Waals surface area contributed by atoms with Crippen molar-refractivity contribution in [2.45, 2.75) is 38.3 Å². The van der Waals surface area contributed by atoms with Crippen molar-refractivity contribution < 1.29 is 9.62 Å². The lowest BCUT2D eigenvalue weighted by Crippen LogP contribution is -2.31. The quantitative estimate of drug-likeness (QED) is 0.196. The molecule has 0 aliphatic rings. The number of oxime groups is 1. The Balaban J connectivity index is 2.16. The maximum atomic E-state index is 8.64. The van der Waals surface area contributed by atoms with Gasteiger partial charge in [0.15, 0.2) is 0 Å². The number of aromatic nitrogens is 1. The van der Waals surface area contributed by atoms with Gasteiger partial charge < -0.3 is 15.4 Å². The molecule has 6 heteroatoms. The average Bonchev–Trinajstić information content (AvgIpc) is 2.80. The molecular formula is C11H19N3O2S. The number of hydrogen-bond donors (Lipinski definition) is 2. The van der Waals surface area contributed by atoms with Crippen LogP contribution < -0.4 is 5.73 Å². The van der Waals surface area contributed by atoms with E-state index in [1.165, 1.54) is 0 Å². The van der Waals surface area contributed by atoms with Crippen molar-refractivity contribution in [2.75, 3.05) is 5.75 Å². The average molecular weight is 257 g/mol. The van der Waals surface area contributed by atoms with Crippen LogP contribution in [0.1, 0.15) is 33.1 Å². The van der Waals surface area contributed by atoms with E-state index in [0.29, 0.717) is 5.22 Å². The molecule has 0 fully saturated rings. The van der Waals surface area contributed by atoms with Crippen LogP contribution in [0.4, 0.5) is 0 Å². The lowest BCUT2D eigenvalue weighted by molar-refractivity contribution is 0.304. The van der Waals surface area contributed by atoms with E-state index in [1.54, 1.807) is 24.2 Å². The van der Waals surface area contributed by atoms with Gasteiger partial charge in [0.1, 0.15) is 12.1 Å². The summed E-state index contributed by atoms with van der Waals surface area (Å²) in [4.78, 5) is 4.03. The van der Waals surface area contributed by atoms with Crippen LogP contribution in [-0.2, 0) is 0 Å². The molecule has 96 valence electrons. The standard InChI is InChI=1S/C11H19N3O2S/c1-11(2,9(12)14-15)5-3-4-8-17-10-13-6-7-16-10/h6-7,15H,3-5,8H2,1-2H3,(H2,12,14). The fourth-order valence-electron chi connectivity index (χ4n) is 1.37. The summed E-state index contributed by atoms with van der Waals surface area (Å²) in [6.45, 7) is 3.95. The van der Waals surface area contributed by atoms with Gasteiger partial charge in [-0.2, -0.15) is 0 Å². The van der Waals surface area contributed by atoms with E-state index >= 15 is 0 Å². The van der Waals surface area contributed by atoms with Crippen molar-refractivity contribution in [3.8, 4) is 0 Å². The summed E-state index contributed by atoms with van der Waals surface area (Å²) < 4.78 is 5.12. The molecule has 0 unspecified atom stereocenters. The smallest absolute Gasteiger partial charge is 0.255 e. The second-order valence-corrected chi connectivity index (χ2v) is 5.52. The van der Waals surface area contributed by atoms with Crippen LogP contribution >= 0.6 is 11.8 Å². The van der Waals surface area contributed by atoms with E-state index in [1.807, 2.05) is 13.8 Å². The van der Waals surface area contributed by atoms with Crippen molar-refractivity contribution in [1.82, 2.24) is 4.98 Å². The molecule has 0 amide bonds. The highest BCUT2D eigenvalue weighted by Crippen LogP contribution is 2.25. The highest BCUT2D eigenvalue weighted by Gasteiger charge is 2.22. The third-order valence-corrected chi connectivity index (χ3v) is 3.57. The van der Waals surface area contributed by atoms with Crippen LogP contribution in [0.15, 0.2) is 27.3 Å². The minimum Gasteiger partial charge on any atom is -0.440 e. The zero-order valence-electron chi connectivity index (χ0n) is 10.2. The maximum absolute atomic E-state index is 8.64. The number of rotatable bonds is 7. The minimum atomic E-state index is -0.248. The zero-order valence-corrected chi connectivity index (χ0v) is 11.0. The fourth-order valence-corrected chi connectivity index (χ4v) is 2.16. The maximum Gasteiger partial charge on any atom is 0.255 e. The van der Waals surface area contributed by atoms with E-state index in [9.17, 15) is 0 Å². The Kier molecular flexibility index (Phi) is 5.34. The van der Waals surface area contributed by atoms with Crippen LogP contribution in [0.2, 0.25) is 0 Å². The van der Waals surface area contributed by atoms with Gasteiger partial charge in [0.25, 0.3) is 5.22 Å². The largest absolute Gasteiger partial charge is 0.440 e. The molecule has 0 saturated carbocycles. The predicted molar refractivity (Wildman–Crippen MR) is 68.3 cm³/mol.